The molecule has 0 bridgehead atoms. The molecule has 1 rings (SSSR count). The van der Waals surface area contributed by atoms with Crippen molar-refractivity contribution >= 4 is 11.6 Å². The van der Waals surface area contributed by atoms with E-state index in [2.05, 4.69) is 10.3 Å². The van der Waals surface area contributed by atoms with E-state index < -0.39 is 0 Å². The molecular formula is C14H23N3O3. The largest absolute Gasteiger partial charge is 0.475 e. The number of hydrogen-bond donors (Lipinski definition) is 2. The van der Waals surface area contributed by atoms with Gasteiger partial charge in [0.15, 0.2) is 0 Å². The number of methoxy groups -OCH3 is 1. The van der Waals surface area contributed by atoms with E-state index in [1.54, 1.807) is 25.4 Å². The van der Waals surface area contributed by atoms with Gasteiger partial charge >= 0.3 is 0 Å². The number of amides is 1. The predicted molar refractivity (Wildman–Crippen MR) is 77.7 cm³/mol. The van der Waals surface area contributed by atoms with Crippen molar-refractivity contribution in [2.75, 3.05) is 32.2 Å². The maximum Gasteiger partial charge on any atom is 0.227 e. The number of rotatable bonds is 9. The Labute approximate surface area is 119 Å². The normalized spacial score (nSPS) is 11.9. The van der Waals surface area contributed by atoms with Crippen molar-refractivity contribution in [1.82, 2.24) is 4.98 Å². The van der Waals surface area contributed by atoms with Crippen molar-refractivity contribution in [2.45, 2.75) is 19.8 Å². The molecule has 0 aliphatic rings. The highest BCUT2D eigenvalue weighted by Crippen LogP contribution is 2.14. The Morgan fingerprint density at radius 2 is 2.25 bits per heavy atom. The summed E-state index contributed by atoms with van der Waals surface area (Å²) in [6.07, 6.45) is 3.21. The van der Waals surface area contributed by atoms with Gasteiger partial charge in [-0.05, 0) is 25.5 Å². The molecule has 1 aromatic heterocycles. The molecule has 1 unspecified atom stereocenters. The Kier molecular flexibility index (Phi) is 7.60. The molecule has 0 saturated heterocycles. The summed E-state index contributed by atoms with van der Waals surface area (Å²) in [7, 11) is 1.61. The third kappa shape index (κ3) is 5.99. The number of aromatic nitrogens is 1. The highest BCUT2D eigenvalue weighted by Gasteiger charge is 2.12. The van der Waals surface area contributed by atoms with E-state index >= 15 is 0 Å². The van der Waals surface area contributed by atoms with Crippen molar-refractivity contribution in [3.63, 3.8) is 0 Å². The topological polar surface area (TPSA) is 86.5 Å². The minimum Gasteiger partial charge on any atom is -0.475 e. The van der Waals surface area contributed by atoms with Crippen LogP contribution in [0, 0.1) is 5.92 Å². The summed E-state index contributed by atoms with van der Waals surface area (Å²) in [5, 5.41) is 2.82. The lowest BCUT2D eigenvalue weighted by Crippen LogP contribution is -2.21. The van der Waals surface area contributed by atoms with Gasteiger partial charge in [-0.1, -0.05) is 6.92 Å². The van der Waals surface area contributed by atoms with E-state index in [1.165, 1.54) is 0 Å². The Morgan fingerprint density at radius 1 is 1.45 bits per heavy atom. The number of carbonyl (C=O) groups excluding carboxylic acids is 1. The lowest BCUT2D eigenvalue weighted by molar-refractivity contribution is -0.119. The number of pyridine rings is 1. The van der Waals surface area contributed by atoms with Crippen molar-refractivity contribution in [1.29, 1.82) is 0 Å². The van der Waals surface area contributed by atoms with E-state index in [1.807, 2.05) is 6.92 Å². The molecule has 0 aliphatic heterocycles. The van der Waals surface area contributed by atoms with Gasteiger partial charge in [-0.3, -0.25) is 4.79 Å². The lowest BCUT2D eigenvalue weighted by Gasteiger charge is -2.11. The molecule has 0 fully saturated rings. The third-order valence-corrected chi connectivity index (χ3v) is 2.83. The average Bonchev–Trinajstić information content (AvgIpc) is 2.46. The average molecular weight is 281 g/mol. The van der Waals surface area contributed by atoms with Gasteiger partial charge in [0.25, 0.3) is 0 Å². The lowest BCUT2D eigenvalue weighted by atomic mass is 10.0. The first kappa shape index (κ1) is 16.4. The van der Waals surface area contributed by atoms with Crippen LogP contribution in [-0.2, 0) is 9.53 Å². The number of hydrogen-bond acceptors (Lipinski definition) is 5. The number of anilines is 1. The van der Waals surface area contributed by atoms with Crippen LogP contribution in [0.4, 0.5) is 5.69 Å². The Hall–Kier alpha value is -1.66. The molecule has 1 atom stereocenters. The molecular weight excluding hydrogens is 258 g/mol. The number of ether oxygens (including phenoxy) is 2. The molecule has 112 valence electrons. The Bertz CT molecular complexity index is 395. The Morgan fingerprint density at radius 3 is 2.85 bits per heavy atom. The first-order chi connectivity index (χ1) is 9.67. The quantitative estimate of drug-likeness (QED) is 0.668. The number of carbonyl (C=O) groups is 1. The standard InChI is InChI=1S/C14H23N3O3/c1-11(4-3-7-15)14(18)17-12-5-6-13(16-10-12)20-9-8-19-2/h5-6,10-11H,3-4,7-9,15H2,1-2H3,(H,17,18). The molecule has 1 aromatic rings. The molecule has 1 heterocycles. The van der Waals surface area contributed by atoms with Crippen molar-refractivity contribution in [2.24, 2.45) is 11.7 Å². The van der Waals surface area contributed by atoms with Gasteiger partial charge < -0.3 is 20.5 Å². The molecule has 6 nitrogen and oxygen atoms in total. The van der Waals surface area contributed by atoms with Crippen LogP contribution in [0.2, 0.25) is 0 Å². The summed E-state index contributed by atoms with van der Waals surface area (Å²) >= 11 is 0. The van der Waals surface area contributed by atoms with Crippen LogP contribution in [0.3, 0.4) is 0 Å². The molecule has 0 radical (unpaired) electrons. The van der Waals surface area contributed by atoms with Gasteiger partial charge in [-0.2, -0.15) is 0 Å². The maximum atomic E-state index is 11.9. The minimum absolute atomic E-state index is 0.0201. The van der Waals surface area contributed by atoms with Gasteiger partial charge in [0.2, 0.25) is 11.8 Å². The van der Waals surface area contributed by atoms with E-state index in [4.69, 9.17) is 15.2 Å². The highest BCUT2D eigenvalue weighted by atomic mass is 16.5. The van der Waals surface area contributed by atoms with Gasteiger partial charge in [0, 0.05) is 19.1 Å². The number of nitrogens with two attached hydrogens (primary N) is 1. The van der Waals surface area contributed by atoms with Crippen molar-refractivity contribution in [3.8, 4) is 5.88 Å². The molecule has 0 spiro atoms. The van der Waals surface area contributed by atoms with Crippen LogP contribution >= 0.6 is 0 Å². The Balaban J connectivity index is 2.42. The van der Waals surface area contributed by atoms with E-state index in [-0.39, 0.29) is 11.8 Å². The molecule has 0 aliphatic carbocycles. The summed E-state index contributed by atoms with van der Waals surface area (Å²) in [4.78, 5) is 16.0. The third-order valence-electron chi connectivity index (χ3n) is 2.83. The van der Waals surface area contributed by atoms with Gasteiger partial charge in [0.1, 0.15) is 6.61 Å². The number of nitrogens with zero attached hydrogens (tertiary/aromatic N) is 1. The summed E-state index contributed by atoms with van der Waals surface area (Å²) in [6.45, 7) is 3.46. The summed E-state index contributed by atoms with van der Waals surface area (Å²) in [6, 6.07) is 3.48. The molecule has 0 saturated carbocycles. The molecule has 1 amide bonds. The van der Waals surface area contributed by atoms with Crippen LogP contribution in [0.1, 0.15) is 19.8 Å². The van der Waals surface area contributed by atoms with Crippen molar-refractivity contribution < 1.29 is 14.3 Å². The van der Waals surface area contributed by atoms with Crippen LogP contribution in [0.15, 0.2) is 18.3 Å². The van der Waals surface area contributed by atoms with E-state index in [0.29, 0.717) is 31.3 Å². The predicted octanol–water partition coefficient (Wildman–Crippen LogP) is 1.42. The van der Waals surface area contributed by atoms with Crippen LogP contribution < -0.4 is 15.8 Å². The van der Waals surface area contributed by atoms with Crippen LogP contribution in [-0.4, -0.2) is 37.8 Å². The summed E-state index contributed by atoms with van der Waals surface area (Å²) < 4.78 is 10.2. The zero-order valence-electron chi connectivity index (χ0n) is 12.1. The van der Waals surface area contributed by atoms with Crippen LogP contribution in [0.25, 0.3) is 0 Å². The fraction of sp³-hybridized carbons (Fsp3) is 0.571. The second-order valence-corrected chi connectivity index (χ2v) is 4.55. The minimum atomic E-state index is -0.0591. The van der Waals surface area contributed by atoms with Gasteiger partial charge in [-0.25, -0.2) is 4.98 Å². The first-order valence-corrected chi connectivity index (χ1v) is 6.76. The van der Waals surface area contributed by atoms with Crippen molar-refractivity contribution in [3.05, 3.63) is 18.3 Å². The molecule has 0 aromatic carbocycles. The van der Waals surface area contributed by atoms with Gasteiger partial charge in [-0.15, -0.1) is 0 Å². The summed E-state index contributed by atoms with van der Waals surface area (Å²) in [5.41, 5.74) is 6.09. The SMILES string of the molecule is COCCOc1ccc(NC(=O)C(C)CCCN)cn1. The molecule has 6 heteroatoms. The zero-order chi connectivity index (χ0) is 14.8. The second kappa shape index (κ2) is 9.28. The maximum absolute atomic E-state index is 11.9. The fourth-order valence-corrected chi connectivity index (χ4v) is 1.59. The molecule has 20 heavy (non-hydrogen) atoms. The molecule has 3 N–H and O–H groups in total. The highest BCUT2D eigenvalue weighted by molar-refractivity contribution is 5.92. The van der Waals surface area contributed by atoms with E-state index in [9.17, 15) is 4.79 Å². The zero-order valence-corrected chi connectivity index (χ0v) is 12.1. The summed E-state index contributed by atoms with van der Waals surface area (Å²) in [5.74, 6) is 0.431. The van der Waals surface area contributed by atoms with Crippen LogP contribution in [0.5, 0.6) is 5.88 Å². The van der Waals surface area contributed by atoms with Gasteiger partial charge in [0.05, 0.1) is 18.5 Å². The monoisotopic (exact) mass is 281 g/mol. The smallest absolute Gasteiger partial charge is 0.227 e. The second-order valence-electron chi connectivity index (χ2n) is 4.55. The fourth-order valence-electron chi connectivity index (χ4n) is 1.59. The first-order valence-electron chi connectivity index (χ1n) is 6.76. The number of nitrogens with one attached hydrogen (secondary N) is 1. The van der Waals surface area contributed by atoms with E-state index in [0.717, 1.165) is 12.8 Å².